The summed E-state index contributed by atoms with van der Waals surface area (Å²) in [6, 6.07) is 6.98. The van der Waals surface area contributed by atoms with Crippen LogP contribution in [0.3, 0.4) is 0 Å². The number of nitrogen functional groups attached to an aromatic ring is 1. The summed E-state index contributed by atoms with van der Waals surface area (Å²) in [6.07, 6.45) is 1.96. The van der Waals surface area contributed by atoms with E-state index in [0.29, 0.717) is 28.3 Å². The van der Waals surface area contributed by atoms with Gasteiger partial charge in [-0.15, -0.1) is 11.8 Å². The highest BCUT2D eigenvalue weighted by Crippen LogP contribution is 2.37. The Morgan fingerprint density at radius 2 is 1.76 bits per heavy atom. The molecule has 0 bridgehead atoms. The van der Waals surface area contributed by atoms with Gasteiger partial charge in [-0.1, -0.05) is 11.6 Å². The standard InChI is InChI=1S/C14H16ClN3O2S/c1-19-11-7-12(20-2)18-14(17-11)13(21-3)9-6-8(15)4-5-10(9)16/h4-7,13H,16H2,1-3H3. The largest absolute Gasteiger partial charge is 0.481 e. The van der Waals surface area contributed by atoms with Gasteiger partial charge in [-0.2, -0.15) is 9.97 Å². The Labute approximate surface area is 132 Å². The number of halogens is 1. The minimum atomic E-state index is -0.160. The second kappa shape index (κ2) is 6.87. The van der Waals surface area contributed by atoms with Crippen LogP contribution in [0.25, 0.3) is 0 Å². The van der Waals surface area contributed by atoms with E-state index < -0.39 is 0 Å². The highest BCUT2D eigenvalue weighted by atomic mass is 35.5. The van der Waals surface area contributed by atoms with Gasteiger partial charge in [-0.05, 0) is 30.0 Å². The van der Waals surface area contributed by atoms with Gasteiger partial charge in [0.25, 0.3) is 0 Å². The predicted molar refractivity (Wildman–Crippen MR) is 86.4 cm³/mol. The number of hydrogen-bond donors (Lipinski definition) is 1. The monoisotopic (exact) mass is 325 g/mol. The molecule has 0 saturated heterocycles. The Hall–Kier alpha value is -1.66. The van der Waals surface area contributed by atoms with Crippen molar-refractivity contribution in [3.05, 3.63) is 40.7 Å². The van der Waals surface area contributed by atoms with Crippen LogP contribution in [-0.4, -0.2) is 30.4 Å². The van der Waals surface area contributed by atoms with E-state index >= 15 is 0 Å². The number of methoxy groups -OCH3 is 2. The molecule has 112 valence electrons. The molecule has 0 aliphatic heterocycles. The smallest absolute Gasteiger partial charge is 0.220 e. The first-order valence-electron chi connectivity index (χ1n) is 6.13. The third-order valence-electron chi connectivity index (χ3n) is 2.92. The van der Waals surface area contributed by atoms with E-state index in [9.17, 15) is 0 Å². The van der Waals surface area contributed by atoms with E-state index in [0.717, 1.165) is 5.56 Å². The van der Waals surface area contributed by atoms with Crippen molar-refractivity contribution in [3.63, 3.8) is 0 Å². The van der Waals surface area contributed by atoms with Crippen molar-refractivity contribution in [3.8, 4) is 11.8 Å². The lowest BCUT2D eigenvalue weighted by molar-refractivity contribution is 0.368. The summed E-state index contributed by atoms with van der Waals surface area (Å²) in [6.45, 7) is 0. The molecule has 5 nitrogen and oxygen atoms in total. The van der Waals surface area contributed by atoms with Gasteiger partial charge in [-0.25, -0.2) is 0 Å². The minimum Gasteiger partial charge on any atom is -0.481 e. The molecule has 1 aromatic carbocycles. The first-order chi connectivity index (χ1) is 10.1. The second-order valence-electron chi connectivity index (χ2n) is 4.20. The van der Waals surface area contributed by atoms with Gasteiger partial charge in [0.05, 0.1) is 25.5 Å². The van der Waals surface area contributed by atoms with Crippen LogP contribution in [-0.2, 0) is 0 Å². The molecule has 0 spiro atoms. The summed E-state index contributed by atoms with van der Waals surface area (Å²) >= 11 is 7.63. The van der Waals surface area contributed by atoms with Crippen LogP contribution in [0.2, 0.25) is 5.02 Å². The number of hydrogen-bond acceptors (Lipinski definition) is 6. The van der Waals surface area contributed by atoms with Crippen LogP contribution in [0, 0.1) is 0 Å². The molecule has 0 fully saturated rings. The Balaban J connectivity index is 2.52. The Kier molecular flexibility index (Phi) is 5.14. The maximum absolute atomic E-state index is 6.07. The van der Waals surface area contributed by atoms with Gasteiger partial charge in [0.1, 0.15) is 0 Å². The first kappa shape index (κ1) is 15.7. The van der Waals surface area contributed by atoms with Crippen molar-refractivity contribution in [1.29, 1.82) is 0 Å². The number of ether oxygens (including phenoxy) is 2. The van der Waals surface area contributed by atoms with Crippen molar-refractivity contribution in [1.82, 2.24) is 9.97 Å². The van der Waals surface area contributed by atoms with E-state index in [-0.39, 0.29) is 5.25 Å². The van der Waals surface area contributed by atoms with E-state index in [2.05, 4.69) is 9.97 Å². The molecule has 0 radical (unpaired) electrons. The van der Waals surface area contributed by atoms with Crippen LogP contribution in [0.15, 0.2) is 24.3 Å². The zero-order chi connectivity index (χ0) is 15.4. The van der Waals surface area contributed by atoms with Crippen LogP contribution in [0.1, 0.15) is 16.6 Å². The first-order valence-corrected chi connectivity index (χ1v) is 7.80. The number of anilines is 1. The normalized spacial score (nSPS) is 12.0. The van der Waals surface area contributed by atoms with Crippen molar-refractivity contribution in [2.45, 2.75) is 5.25 Å². The summed E-state index contributed by atoms with van der Waals surface area (Å²) in [5, 5.41) is 0.459. The molecule has 0 saturated carbocycles. The van der Waals surface area contributed by atoms with Crippen molar-refractivity contribution in [2.24, 2.45) is 0 Å². The molecule has 0 amide bonds. The zero-order valence-electron chi connectivity index (χ0n) is 12.0. The van der Waals surface area contributed by atoms with Gasteiger partial charge < -0.3 is 15.2 Å². The van der Waals surface area contributed by atoms with Crippen LogP contribution in [0.4, 0.5) is 5.69 Å². The van der Waals surface area contributed by atoms with Crippen molar-refractivity contribution >= 4 is 29.1 Å². The van der Waals surface area contributed by atoms with E-state index in [1.54, 1.807) is 44.2 Å². The summed E-state index contributed by atoms with van der Waals surface area (Å²) in [7, 11) is 3.10. The number of aromatic nitrogens is 2. The quantitative estimate of drug-likeness (QED) is 0.851. The average molecular weight is 326 g/mol. The lowest BCUT2D eigenvalue weighted by Gasteiger charge is -2.17. The molecule has 2 aromatic rings. The number of thioether (sulfide) groups is 1. The molecule has 0 aliphatic rings. The highest BCUT2D eigenvalue weighted by Gasteiger charge is 2.21. The van der Waals surface area contributed by atoms with Gasteiger partial charge in [0.15, 0.2) is 5.82 Å². The maximum Gasteiger partial charge on any atom is 0.220 e. The number of rotatable bonds is 5. The fraction of sp³-hybridized carbons (Fsp3) is 0.286. The Morgan fingerprint density at radius 3 is 2.29 bits per heavy atom. The number of nitrogens with zero attached hydrogens (tertiary/aromatic N) is 2. The molecule has 1 unspecified atom stereocenters. The predicted octanol–water partition coefficient (Wildman–Crippen LogP) is 3.18. The molecular weight excluding hydrogens is 310 g/mol. The van der Waals surface area contributed by atoms with Gasteiger partial charge in [0, 0.05) is 10.7 Å². The van der Waals surface area contributed by atoms with Crippen LogP contribution < -0.4 is 15.2 Å². The van der Waals surface area contributed by atoms with E-state index in [1.807, 2.05) is 12.3 Å². The van der Waals surface area contributed by atoms with Crippen molar-refractivity contribution < 1.29 is 9.47 Å². The molecule has 21 heavy (non-hydrogen) atoms. The lowest BCUT2D eigenvalue weighted by atomic mass is 10.1. The minimum absolute atomic E-state index is 0.160. The molecule has 1 aromatic heterocycles. The van der Waals surface area contributed by atoms with Crippen LogP contribution in [0.5, 0.6) is 11.8 Å². The van der Waals surface area contributed by atoms with Crippen molar-refractivity contribution in [2.75, 3.05) is 26.2 Å². The van der Waals surface area contributed by atoms with E-state index in [4.69, 9.17) is 26.8 Å². The summed E-state index contributed by atoms with van der Waals surface area (Å²) < 4.78 is 10.4. The molecule has 1 heterocycles. The van der Waals surface area contributed by atoms with Gasteiger partial charge in [0.2, 0.25) is 11.8 Å². The molecule has 2 N–H and O–H groups in total. The topological polar surface area (TPSA) is 70.3 Å². The van der Waals surface area contributed by atoms with E-state index in [1.165, 1.54) is 0 Å². The average Bonchev–Trinajstić information content (AvgIpc) is 2.51. The molecular formula is C14H16ClN3O2S. The number of nitrogens with two attached hydrogens (primary N) is 1. The maximum atomic E-state index is 6.07. The fourth-order valence-electron chi connectivity index (χ4n) is 1.89. The summed E-state index contributed by atoms with van der Waals surface area (Å²) in [4.78, 5) is 8.77. The highest BCUT2D eigenvalue weighted by molar-refractivity contribution is 7.99. The summed E-state index contributed by atoms with van der Waals surface area (Å²) in [5.41, 5.74) is 7.56. The van der Waals surface area contributed by atoms with Gasteiger partial charge >= 0.3 is 0 Å². The molecule has 2 rings (SSSR count). The SMILES string of the molecule is COc1cc(OC)nc(C(SC)c2cc(Cl)ccc2N)n1. The fourth-order valence-corrected chi connectivity index (χ4v) is 2.85. The van der Waals surface area contributed by atoms with Crippen LogP contribution >= 0.6 is 23.4 Å². The molecule has 0 aliphatic carbocycles. The number of benzene rings is 1. The Morgan fingerprint density at radius 1 is 1.14 bits per heavy atom. The lowest BCUT2D eigenvalue weighted by Crippen LogP contribution is -2.07. The zero-order valence-corrected chi connectivity index (χ0v) is 13.5. The third-order valence-corrected chi connectivity index (χ3v) is 4.09. The third kappa shape index (κ3) is 3.51. The Bertz CT molecular complexity index is 617. The van der Waals surface area contributed by atoms with Gasteiger partial charge in [-0.3, -0.25) is 0 Å². The summed E-state index contributed by atoms with van der Waals surface area (Å²) in [5.74, 6) is 1.45. The second-order valence-corrected chi connectivity index (χ2v) is 5.58. The molecule has 7 heteroatoms. The molecule has 1 atom stereocenters.